The van der Waals surface area contributed by atoms with Crippen LogP contribution in [0.4, 0.5) is 4.39 Å². The minimum absolute atomic E-state index is 0.0343. The molecular weight excluding hydrogens is 407 g/mol. The number of pyridine rings is 1. The van der Waals surface area contributed by atoms with Gasteiger partial charge in [0.05, 0.1) is 10.9 Å². The van der Waals surface area contributed by atoms with Crippen molar-refractivity contribution in [1.29, 1.82) is 0 Å². The van der Waals surface area contributed by atoms with Crippen LogP contribution in [-0.4, -0.2) is 40.1 Å². The highest BCUT2D eigenvalue weighted by Crippen LogP contribution is 2.35. The van der Waals surface area contributed by atoms with Crippen molar-refractivity contribution in [1.82, 2.24) is 19.4 Å². The molecule has 0 atom stereocenters. The van der Waals surface area contributed by atoms with E-state index in [1.54, 1.807) is 18.2 Å². The summed E-state index contributed by atoms with van der Waals surface area (Å²) >= 11 is 6.40. The summed E-state index contributed by atoms with van der Waals surface area (Å²) in [7, 11) is 3.83. The van der Waals surface area contributed by atoms with Gasteiger partial charge in [-0.2, -0.15) is 0 Å². The first-order valence-corrected chi connectivity index (χ1v) is 9.90. The lowest BCUT2D eigenvalue weighted by Crippen LogP contribution is -2.32. The zero-order chi connectivity index (χ0) is 21.4. The van der Waals surface area contributed by atoms with Crippen molar-refractivity contribution < 1.29 is 4.39 Å². The van der Waals surface area contributed by atoms with E-state index in [-0.39, 0.29) is 23.1 Å². The van der Waals surface area contributed by atoms with Gasteiger partial charge in [0, 0.05) is 28.7 Å². The molecule has 1 N–H and O–H groups in total. The lowest BCUT2D eigenvalue weighted by atomic mass is 10.0. The molecule has 0 saturated heterocycles. The van der Waals surface area contributed by atoms with Crippen LogP contribution in [-0.2, 0) is 6.54 Å². The zero-order valence-electron chi connectivity index (χ0n) is 16.6. The van der Waals surface area contributed by atoms with E-state index < -0.39 is 17.1 Å². The van der Waals surface area contributed by atoms with Crippen LogP contribution in [0.5, 0.6) is 0 Å². The molecule has 154 valence electrons. The van der Waals surface area contributed by atoms with Gasteiger partial charge in [-0.1, -0.05) is 41.9 Å². The van der Waals surface area contributed by atoms with Crippen LogP contribution in [0, 0.1) is 5.82 Å². The van der Waals surface area contributed by atoms with Gasteiger partial charge >= 0.3 is 5.69 Å². The molecule has 4 rings (SSSR count). The molecule has 0 amide bonds. The second kappa shape index (κ2) is 8.01. The third-order valence-electron chi connectivity index (χ3n) is 5.07. The van der Waals surface area contributed by atoms with Crippen molar-refractivity contribution in [3.05, 3.63) is 74.3 Å². The maximum atomic E-state index is 15.8. The van der Waals surface area contributed by atoms with E-state index in [9.17, 15) is 9.59 Å². The number of halogens is 2. The molecule has 4 aromatic rings. The zero-order valence-corrected chi connectivity index (χ0v) is 17.3. The van der Waals surface area contributed by atoms with E-state index >= 15 is 4.39 Å². The summed E-state index contributed by atoms with van der Waals surface area (Å²) < 4.78 is 17.1. The summed E-state index contributed by atoms with van der Waals surface area (Å²) in [4.78, 5) is 33.2. The normalized spacial score (nSPS) is 11.6. The summed E-state index contributed by atoms with van der Waals surface area (Å²) in [5.74, 6) is -0.715. The Kier molecular flexibility index (Phi) is 5.40. The van der Waals surface area contributed by atoms with Crippen molar-refractivity contribution in [2.45, 2.75) is 13.0 Å². The Morgan fingerprint density at radius 1 is 1.17 bits per heavy atom. The van der Waals surface area contributed by atoms with E-state index in [0.29, 0.717) is 28.9 Å². The van der Waals surface area contributed by atoms with Gasteiger partial charge in [0.1, 0.15) is 5.69 Å². The Balaban J connectivity index is 2.00. The summed E-state index contributed by atoms with van der Waals surface area (Å²) in [6.45, 7) is 0.979. The Labute approximate surface area is 176 Å². The Hall–Kier alpha value is -3.03. The number of nitrogens with one attached hydrogen (secondary N) is 1. The standard InChI is InChI=1S/C22H20ClFN4O2/c1-27(2)10-5-11-28-20-15(21(29)26-22(28)30)12-25-19(18(20)24)14-8-3-6-13-7-4-9-16(23)17(13)14/h3-4,6-9,12H,5,10-11H2,1-2H3,(H,26,29,30). The molecular formula is C22H20ClFN4O2. The number of aryl methyl sites for hydroxylation is 1. The fraction of sp³-hybridized carbons (Fsp3) is 0.227. The first-order valence-electron chi connectivity index (χ1n) is 9.52. The highest BCUT2D eigenvalue weighted by atomic mass is 35.5. The number of hydrogen-bond acceptors (Lipinski definition) is 4. The smallest absolute Gasteiger partial charge is 0.309 e. The van der Waals surface area contributed by atoms with E-state index in [1.165, 1.54) is 10.8 Å². The highest BCUT2D eigenvalue weighted by molar-refractivity contribution is 6.36. The monoisotopic (exact) mass is 426 g/mol. The number of nitrogens with zero attached hydrogens (tertiary/aromatic N) is 3. The number of H-pyrrole nitrogens is 1. The lowest BCUT2D eigenvalue weighted by Gasteiger charge is -2.15. The number of hydrogen-bond donors (Lipinski definition) is 1. The predicted molar refractivity (Wildman–Crippen MR) is 118 cm³/mol. The van der Waals surface area contributed by atoms with Crippen molar-refractivity contribution >= 4 is 33.3 Å². The second-order valence-corrected chi connectivity index (χ2v) is 7.80. The van der Waals surface area contributed by atoms with Crippen LogP contribution in [0.2, 0.25) is 5.02 Å². The topological polar surface area (TPSA) is 71.0 Å². The Bertz CT molecular complexity index is 1370. The van der Waals surface area contributed by atoms with Crippen LogP contribution in [0.1, 0.15) is 6.42 Å². The van der Waals surface area contributed by atoms with Crippen LogP contribution < -0.4 is 11.2 Å². The van der Waals surface area contributed by atoms with Gasteiger partial charge in [-0.15, -0.1) is 0 Å². The molecule has 0 aliphatic rings. The Morgan fingerprint density at radius 2 is 1.90 bits per heavy atom. The van der Waals surface area contributed by atoms with Gasteiger partial charge in [0.2, 0.25) is 0 Å². The van der Waals surface area contributed by atoms with Crippen LogP contribution in [0.25, 0.3) is 32.9 Å². The van der Waals surface area contributed by atoms with Crippen LogP contribution in [0.3, 0.4) is 0 Å². The van der Waals surface area contributed by atoms with E-state index in [2.05, 4.69) is 9.97 Å². The van der Waals surface area contributed by atoms with E-state index in [4.69, 9.17) is 11.6 Å². The molecule has 30 heavy (non-hydrogen) atoms. The molecule has 6 nitrogen and oxygen atoms in total. The third-order valence-corrected chi connectivity index (χ3v) is 5.38. The Morgan fingerprint density at radius 3 is 2.63 bits per heavy atom. The minimum Gasteiger partial charge on any atom is -0.309 e. The van der Waals surface area contributed by atoms with Gasteiger partial charge < -0.3 is 4.90 Å². The third kappa shape index (κ3) is 3.51. The molecule has 0 fully saturated rings. The number of aromatic nitrogens is 3. The van der Waals surface area contributed by atoms with Crippen molar-refractivity contribution in [3.8, 4) is 11.3 Å². The average molecular weight is 427 g/mol. The predicted octanol–water partition coefficient (Wildman–Crippen LogP) is 3.65. The second-order valence-electron chi connectivity index (χ2n) is 7.39. The summed E-state index contributed by atoms with van der Waals surface area (Å²) in [5.41, 5.74) is -0.791. The van der Waals surface area contributed by atoms with Gasteiger partial charge in [-0.3, -0.25) is 19.3 Å². The minimum atomic E-state index is -0.715. The fourth-order valence-corrected chi connectivity index (χ4v) is 3.96. The first kappa shape index (κ1) is 20.3. The molecule has 2 aromatic heterocycles. The number of aromatic amines is 1. The van der Waals surface area contributed by atoms with Crippen molar-refractivity contribution in [2.75, 3.05) is 20.6 Å². The molecule has 0 spiro atoms. The van der Waals surface area contributed by atoms with E-state index in [1.807, 2.05) is 37.2 Å². The molecule has 0 radical (unpaired) electrons. The maximum absolute atomic E-state index is 15.8. The number of rotatable bonds is 5. The lowest BCUT2D eigenvalue weighted by molar-refractivity contribution is 0.385. The first-order chi connectivity index (χ1) is 14.4. The summed E-state index contributed by atoms with van der Waals surface area (Å²) in [6, 6.07) is 10.8. The molecule has 2 heterocycles. The summed E-state index contributed by atoms with van der Waals surface area (Å²) in [6.07, 6.45) is 1.93. The molecule has 0 aliphatic heterocycles. The fourth-order valence-electron chi connectivity index (χ4n) is 3.68. The molecule has 0 unspecified atom stereocenters. The highest BCUT2D eigenvalue weighted by Gasteiger charge is 2.19. The quantitative estimate of drug-likeness (QED) is 0.528. The maximum Gasteiger partial charge on any atom is 0.328 e. The van der Waals surface area contributed by atoms with Crippen molar-refractivity contribution in [2.24, 2.45) is 0 Å². The summed E-state index contributed by atoms with van der Waals surface area (Å²) in [5, 5.41) is 2.01. The van der Waals surface area contributed by atoms with Crippen LogP contribution in [0.15, 0.2) is 52.2 Å². The van der Waals surface area contributed by atoms with E-state index in [0.717, 1.165) is 5.39 Å². The average Bonchev–Trinajstić information content (AvgIpc) is 2.70. The molecule has 2 aromatic carbocycles. The number of benzene rings is 2. The molecule has 0 aliphatic carbocycles. The van der Waals surface area contributed by atoms with Crippen LogP contribution >= 0.6 is 11.6 Å². The van der Waals surface area contributed by atoms with Gasteiger partial charge in [-0.05, 0) is 38.5 Å². The van der Waals surface area contributed by atoms with Gasteiger partial charge in [0.25, 0.3) is 5.56 Å². The SMILES string of the molecule is CN(C)CCCn1c(=O)[nH]c(=O)c2cnc(-c3cccc4cccc(Cl)c34)c(F)c21. The number of fused-ring (bicyclic) bond motifs is 2. The molecule has 0 saturated carbocycles. The molecule has 8 heteroatoms. The van der Waals surface area contributed by atoms with Gasteiger partial charge in [-0.25, -0.2) is 9.18 Å². The molecule has 0 bridgehead atoms. The largest absolute Gasteiger partial charge is 0.328 e. The van der Waals surface area contributed by atoms with Gasteiger partial charge in [0.15, 0.2) is 5.82 Å². The van der Waals surface area contributed by atoms with Crippen molar-refractivity contribution in [3.63, 3.8) is 0 Å².